The summed E-state index contributed by atoms with van der Waals surface area (Å²) in [5, 5.41) is 2.61. The zero-order chi connectivity index (χ0) is 13.9. The van der Waals surface area contributed by atoms with E-state index in [2.05, 4.69) is 10.3 Å². The first-order valence-electron chi connectivity index (χ1n) is 6.42. The van der Waals surface area contributed by atoms with Gasteiger partial charge < -0.3 is 9.73 Å². The Kier molecular flexibility index (Phi) is 3.21. The van der Waals surface area contributed by atoms with E-state index < -0.39 is 0 Å². The van der Waals surface area contributed by atoms with Crippen LogP contribution in [0.25, 0.3) is 22.6 Å². The second-order valence-corrected chi connectivity index (χ2v) is 4.53. The van der Waals surface area contributed by atoms with Crippen LogP contribution in [-0.2, 0) is 11.2 Å². The SMILES string of the molecule is CNC(=O)Cc1ccc(-c2nc3ccccc3o2)cc1. The summed E-state index contributed by atoms with van der Waals surface area (Å²) >= 11 is 0. The Labute approximate surface area is 116 Å². The van der Waals surface area contributed by atoms with E-state index in [4.69, 9.17) is 4.42 Å². The lowest BCUT2D eigenvalue weighted by atomic mass is 10.1. The van der Waals surface area contributed by atoms with Crippen LogP contribution in [-0.4, -0.2) is 17.9 Å². The number of nitrogens with zero attached hydrogens (tertiary/aromatic N) is 1. The van der Waals surface area contributed by atoms with Gasteiger partial charge in [0.1, 0.15) is 5.52 Å². The zero-order valence-corrected chi connectivity index (χ0v) is 11.1. The van der Waals surface area contributed by atoms with Crippen molar-refractivity contribution in [1.29, 1.82) is 0 Å². The van der Waals surface area contributed by atoms with Crippen LogP contribution < -0.4 is 5.32 Å². The minimum absolute atomic E-state index is 0.000359. The number of oxazole rings is 1. The number of likely N-dealkylation sites (N-methyl/N-ethyl adjacent to an activating group) is 1. The molecule has 0 unspecified atom stereocenters. The molecule has 0 spiro atoms. The molecule has 1 heterocycles. The fourth-order valence-electron chi connectivity index (χ4n) is 2.03. The van der Waals surface area contributed by atoms with E-state index in [-0.39, 0.29) is 5.91 Å². The lowest BCUT2D eigenvalue weighted by Gasteiger charge is -2.01. The maximum atomic E-state index is 11.3. The number of benzene rings is 2. The highest BCUT2D eigenvalue weighted by Crippen LogP contribution is 2.24. The van der Waals surface area contributed by atoms with Crippen molar-refractivity contribution in [3.8, 4) is 11.5 Å². The maximum Gasteiger partial charge on any atom is 0.227 e. The number of nitrogens with one attached hydrogen (secondary N) is 1. The molecule has 4 heteroatoms. The molecule has 0 bridgehead atoms. The average Bonchev–Trinajstić information content (AvgIpc) is 2.91. The molecule has 1 amide bonds. The highest BCUT2D eigenvalue weighted by atomic mass is 16.3. The summed E-state index contributed by atoms with van der Waals surface area (Å²) in [6.07, 6.45) is 0.379. The number of carbonyl (C=O) groups excluding carboxylic acids is 1. The van der Waals surface area contributed by atoms with Crippen molar-refractivity contribution in [1.82, 2.24) is 10.3 Å². The summed E-state index contributed by atoms with van der Waals surface area (Å²) in [5.41, 5.74) is 3.49. The summed E-state index contributed by atoms with van der Waals surface area (Å²) in [7, 11) is 1.63. The van der Waals surface area contributed by atoms with Crippen molar-refractivity contribution in [3.05, 3.63) is 54.1 Å². The number of rotatable bonds is 3. The van der Waals surface area contributed by atoms with E-state index in [1.807, 2.05) is 48.5 Å². The van der Waals surface area contributed by atoms with Gasteiger partial charge in [0.05, 0.1) is 6.42 Å². The number of aromatic nitrogens is 1. The van der Waals surface area contributed by atoms with Gasteiger partial charge in [-0.3, -0.25) is 4.79 Å². The van der Waals surface area contributed by atoms with Gasteiger partial charge in [0.15, 0.2) is 5.58 Å². The van der Waals surface area contributed by atoms with Crippen molar-refractivity contribution in [2.75, 3.05) is 7.05 Å². The van der Waals surface area contributed by atoms with Gasteiger partial charge in [-0.05, 0) is 29.8 Å². The first-order chi connectivity index (χ1) is 9.76. The van der Waals surface area contributed by atoms with Crippen molar-refractivity contribution in [2.24, 2.45) is 0 Å². The summed E-state index contributed by atoms with van der Waals surface area (Å²) in [4.78, 5) is 15.8. The molecule has 0 saturated carbocycles. The second kappa shape index (κ2) is 5.17. The molecule has 1 aromatic heterocycles. The Hall–Kier alpha value is -2.62. The van der Waals surface area contributed by atoms with Crippen LogP contribution >= 0.6 is 0 Å². The van der Waals surface area contributed by atoms with Gasteiger partial charge in [0.2, 0.25) is 11.8 Å². The van der Waals surface area contributed by atoms with Crippen LogP contribution in [0.15, 0.2) is 52.9 Å². The lowest BCUT2D eigenvalue weighted by Crippen LogP contribution is -2.19. The molecule has 0 aliphatic heterocycles. The van der Waals surface area contributed by atoms with Gasteiger partial charge in [-0.2, -0.15) is 0 Å². The number of para-hydroxylation sites is 2. The van der Waals surface area contributed by atoms with Crippen LogP contribution in [0.5, 0.6) is 0 Å². The number of fused-ring (bicyclic) bond motifs is 1. The Bertz CT molecular complexity index is 712. The lowest BCUT2D eigenvalue weighted by molar-refractivity contribution is -0.119. The third kappa shape index (κ3) is 2.40. The number of carbonyl (C=O) groups is 1. The largest absolute Gasteiger partial charge is 0.436 e. The van der Waals surface area contributed by atoms with Crippen LogP contribution in [0.2, 0.25) is 0 Å². The van der Waals surface area contributed by atoms with Crippen molar-refractivity contribution < 1.29 is 9.21 Å². The third-order valence-corrected chi connectivity index (χ3v) is 3.14. The van der Waals surface area contributed by atoms with Gasteiger partial charge in [-0.15, -0.1) is 0 Å². The molecular weight excluding hydrogens is 252 g/mol. The molecule has 0 fully saturated rings. The molecule has 4 nitrogen and oxygen atoms in total. The molecule has 1 N–H and O–H groups in total. The van der Waals surface area contributed by atoms with E-state index >= 15 is 0 Å². The summed E-state index contributed by atoms with van der Waals surface area (Å²) < 4.78 is 5.71. The van der Waals surface area contributed by atoms with Crippen LogP contribution in [0.1, 0.15) is 5.56 Å². The molecule has 100 valence electrons. The van der Waals surface area contributed by atoms with Crippen LogP contribution in [0.3, 0.4) is 0 Å². The molecule has 2 aromatic carbocycles. The molecule has 0 aliphatic carbocycles. The van der Waals surface area contributed by atoms with E-state index in [9.17, 15) is 4.79 Å². The Morgan fingerprint density at radius 1 is 1.15 bits per heavy atom. The van der Waals surface area contributed by atoms with Crippen molar-refractivity contribution in [2.45, 2.75) is 6.42 Å². The van der Waals surface area contributed by atoms with E-state index in [0.717, 1.165) is 22.2 Å². The first kappa shape index (κ1) is 12.4. The summed E-state index contributed by atoms with van der Waals surface area (Å²) in [5.74, 6) is 0.595. The van der Waals surface area contributed by atoms with Gasteiger partial charge in [-0.25, -0.2) is 4.98 Å². The Balaban J connectivity index is 1.88. The van der Waals surface area contributed by atoms with E-state index in [1.165, 1.54) is 0 Å². The maximum absolute atomic E-state index is 11.3. The Morgan fingerprint density at radius 3 is 2.60 bits per heavy atom. The normalized spacial score (nSPS) is 10.7. The van der Waals surface area contributed by atoms with Gasteiger partial charge in [0, 0.05) is 12.6 Å². The summed E-state index contributed by atoms with van der Waals surface area (Å²) in [6, 6.07) is 15.3. The molecular formula is C16H14N2O2. The predicted octanol–water partition coefficient (Wildman–Crippen LogP) is 2.78. The summed E-state index contributed by atoms with van der Waals surface area (Å²) in [6.45, 7) is 0. The second-order valence-electron chi connectivity index (χ2n) is 4.53. The van der Waals surface area contributed by atoms with Crippen molar-refractivity contribution in [3.63, 3.8) is 0 Å². The minimum atomic E-state index is -0.000359. The van der Waals surface area contributed by atoms with Crippen LogP contribution in [0, 0.1) is 0 Å². The average molecular weight is 266 g/mol. The van der Waals surface area contributed by atoms with E-state index in [0.29, 0.717) is 12.3 Å². The van der Waals surface area contributed by atoms with E-state index in [1.54, 1.807) is 7.05 Å². The molecule has 0 aliphatic rings. The van der Waals surface area contributed by atoms with Gasteiger partial charge in [0.25, 0.3) is 0 Å². The molecule has 0 saturated heterocycles. The van der Waals surface area contributed by atoms with Crippen LogP contribution in [0.4, 0.5) is 0 Å². The van der Waals surface area contributed by atoms with Gasteiger partial charge in [-0.1, -0.05) is 24.3 Å². The highest BCUT2D eigenvalue weighted by Gasteiger charge is 2.08. The molecule has 3 aromatic rings. The highest BCUT2D eigenvalue weighted by molar-refractivity contribution is 5.79. The number of hydrogen-bond donors (Lipinski definition) is 1. The zero-order valence-electron chi connectivity index (χ0n) is 11.1. The number of amides is 1. The minimum Gasteiger partial charge on any atom is -0.436 e. The predicted molar refractivity (Wildman–Crippen MR) is 77.2 cm³/mol. The molecule has 20 heavy (non-hydrogen) atoms. The molecule has 0 radical (unpaired) electrons. The fourth-order valence-corrected chi connectivity index (χ4v) is 2.03. The third-order valence-electron chi connectivity index (χ3n) is 3.14. The Morgan fingerprint density at radius 2 is 1.90 bits per heavy atom. The standard InChI is InChI=1S/C16H14N2O2/c1-17-15(19)10-11-6-8-12(9-7-11)16-18-13-4-2-3-5-14(13)20-16/h2-9H,10H2,1H3,(H,17,19). The first-order valence-corrected chi connectivity index (χ1v) is 6.42. The number of hydrogen-bond acceptors (Lipinski definition) is 3. The quantitative estimate of drug-likeness (QED) is 0.793. The topological polar surface area (TPSA) is 55.1 Å². The smallest absolute Gasteiger partial charge is 0.227 e. The molecule has 3 rings (SSSR count). The monoisotopic (exact) mass is 266 g/mol. The van der Waals surface area contributed by atoms with Crippen molar-refractivity contribution >= 4 is 17.0 Å². The fraction of sp³-hybridized carbons (Fsp3) is 0.125. The molecule has 0 atom stereocenters. The van der Waals surface area contributed by atoms with Gasteiger partial charge >= 0.3 is 0 Å².